The summed E-state index contributed by atoms with van der Waals surface area (Å²) in [6.45, 7) is 2.23. The number of ether oxygens (including phenoxy) is 2. The van der Waals surface area contributed by atoms with E-state index in [1.54, 1.807) is 14.2 Å². The predicted octanol–water partition coefficient (Wildman–Crippen LogP) is 3.52. The number of rotatable bonds is 2. The van der Waals surface area contributed by atoms with Gasteiger partial charge in [-0.15, -0.1) is 0 Å². The predicted molar refractivity (Wildman–Crippen MR) is 75.8 cm³/mol. The molecule has 1 fully saturated rings. The molecule has 19 heavy (non-hydrogen) atoms. The second kappa shape index (κ2) is 5.41. The molecular formula is C16H23NO2. The molecule has 0 N–H and O–H groups in total. The van der Waals surface area contributed by atoms with Gasteiger partial charge in [-0.05, 0) is 31.0 Å². The summed E-state index contributed by atoms with van der Waals surface area (Å²) >= 11 is 0. The topological polar surface area (TPSA) is 21.7 Å². The van der Waals surface area contributed by atoms with Crippen LogP contribution in [0.2, 0.25) is 0 Å². The molecule has 1 saturated heterocycles. The van der Waals surface area contributed by atoms with Crippen LogP contribution in [0, 0.1) is 0 Å². The van der Waals surface area contributed by atoms with Crippen molar-refractivity contribution >= 4 is 0 Å². The Morgan fingerprint density at radius 1 is 1.05 bits per heavy atom. The van der Waals surface area contributed by atoms with E-state index in [0.29, 0.717) is 6.04 Å². The van der Waals surface area contributed by atoms with E-state index in [4.69, 9.17) is 9.47 Å². The van der Waals surface area contributed by atoms with Gasteiger partial charge in [-0.25, -0.2) is 0 Å². The first kappa shape index (κ1) is 12.8. The summed E-state index contributed by atoms with van der Waals surface area (Å²) in [6, 6.07) is 4.89. The Morgan fingerprint density at radius 3 is 2.68 bits per heavy atom. The highest BCUT2D eigenvalue weighted by Gasteiger charge is 2.33. The Balaban J connectivity index is 1.98. The molecule has 0 amide bonds. The van der Waals surface area contributed by atoms with Gasteiger partial charge in [0.25, 0.3) is 0 Å². The summed E-state index contributed by atoms with van der Waals surface area (Å²) in [7, 11) is 3.45. The summed E-state index contributed by atoms with van der Waals surface area (Å²) in [5.74, 6) is 1.79. The summed E-state index contributed by atoms with van der Waals surface area (Å²) in [4.78, 5) is 2.62. The third-order valence-electron chi connectivity index (χ3n) is 4.52. The summed E-state index contributed by atoms with van der Waals surface area (Å²) in [6.07, 6.45) is 6.70. The first-order chi connectivity index (χ1) is 9.35. The highest BCUT2D eigenvalue weighted by Crippen LogP contribution is 2.45. The van der Waals surface area contributed by atoms with Gasteiger partial charge in [0.1, 0.15) is 0 Å². The smallest absolute Gasteiger partial charge is 0.165 e. The average Bonchev–Trinajstić information content (AvgIpc) is 2.74. The monoisotopic (exact) mass is 261 g/mol. The number of fused-ring (bicyclic) bond motifs is 3. The number of methoxy groups -OCH3 is 2. The van der Waals surface area contributed by atoms with Crippen LogP contribution in [-0.2, 0) is 6.54 Å². The van der Waals surface area contributed by atoms with Crippen molar-refractivity contribution < 1.29 is 9.47 Å². The molecule has 1 unspecified atom stereocenters. The van der Waals surface area contributed by atoms with E-state index in [9.17, 15) is 0 Å². The van der Waals surface area contributed by atoms with Crippen molar-refractivity contribution in [3.8, 4) is 11.5 Å². The number of benzene rings is 1. The molecule has 3 nitrogen and oxygen atoms in total. The molecule has 1 atom stereocenters. The minimum atomic E-state index is 0.593. The Labute approximate surface area is 115 Å². The van der Waals surface area contributed by atoms with E-state index in [0.717, 1.165) is 18.0 Å². The molecule has 0 saturated carbocycles. The standard InChI is InChI=1S/C16H23NO2/c1-18-15-9-8-12-13(16(15)19-2)11-17-10-6-4-3-5-7-14(12)17/h8-9,14H,3-7,10-11H2,1-2H3. The molecule has 2 heterocycles. The van der Waals surface area contributed by atoms with Gasteiger partial charge < -0.3 is 9.47 Å². The number of hydrogen-bond acceptors (Lipinski definition) is 3. The number of nitrogens with zero attached hydrogens (tertiary/aromatic N) is 1. The minimum Gasteiger partial charge on any atom is -0.493 e. The van der Waals surface area contributed by atoms with Crippen LogP contribution < -0.4 is 9.47 Å². The SMILES string of the molecule is COc1ccc2c(c1OC)CN1CCCCCCC21. The third kappa shape index (κ3) is 2.20. The van der Waals surface area contributed by atoms with Crippen molar-refractivity contribution in [2.75, 3.05) is 20.8 Å². The lowest BCUT2D eigenvalue weighted by atomic mass is 9.97. The fourth-order valence-electron chi connectivity index (χ4n) is 3.57. The van der Waals surface area contributed by atoms with Crippen molar-refractivity contribution in [3.63, 3.8) is 0 Å². The van der Waals surface area contributed by atoms with Gasteiger partial charge >= 0.3 is 0 Å². The molecule has 0 bridgehead atoms. The Hall–Kier alpha value is -1.22. The molecule has 0 aliphatic carbocycles. The molecule has 2 aliphatic rings. The highest BCUT2D eigenvalue weighted by atomic mass is 16.5. The van der Waals surface area contributed by atoms with Crippen molar-refractivity contribution in [2.24, 2.45) is 0 Å². The maximum Gasteiger partial charge on any atom is 0.165 e. The first-order valence-corrected chi connectivity index (χ1v) is 7.33. The molecule has 2 aliphatic heterocycles. The van der Waals surface area contributed by atoms with Gasteiger partial charge in [0.2, 0.25) is 0 Å². The summed E-state index contributed by atoms with van der Waals surface area (Å²) < 4.78 is 11.0. The first-order valence-electron chi connectivity index (χ1n) is 7.33. The Morgan fingerprint density at radius 2 is 1.89 bits per heavy atom. The lowest BCUT2D eigenvalue weighted by Gasteiger charge is -2.27. The van der Waals surface area contributed by atoms with E-state index in [1.165, 1.54) is 49.8 Å². The molecular weight excluding hydrogens is 238 g/mol. The zero-order chi connectivity index (χ0) is 13.2. The van der Waals surface area contributed by atoms with E-state index in [1.807, 2.05) is 0 Å². The van der Waals surface area contributed by atoms with Crippen LogP contribution in [0.15, 0.2) is 12.1 Å². The van der Waals surface area contributed by atoms with E-state index >= 15 is 0 Å². The van der Waals surface area contributed by atoms with Crippen LogP contribution >= 0.6 is 0 Å². The molecule has 3 heteroatoms. The Bertz CT molecular complexity index is 458. The van der Waals surface area contributed by atoms with E-state index in [-0.39, 0.29) is 0 Å². The highest BCUT2D eigenvalue weighted by molar-refractivity contribution is 5.53. The zero-order valence-electron chi connectivity index (χ0n) is 11.9. The molecule has 1 aromatic carbocycles. The molecule has 104 valence electrons. The van der Waals surface area contributed by atoms with E-state index in [2.05, 4.69) is 17.0 Å². The van der Waals surface area contributed by atoms with Gasteiger partial charge in [-0.2, -0.15) is 0 Å². The fourth-order valence-corrected chi connectivity index (χ4v) is 3.57. The molecule has 0 radical (unpaired) electrons. The number of hydrogen-bond donors (Lipinski definition) is 0. The summed E-state index contributed by atoms with van der Waals surface area (Å²) in [5, 5.41) is 0. The van der Waals surface area contributed by atoms with Crippen molar-refractivity contribution in [1.82, 2.24) is 4.90 Å². The lowest BCUT2D eigenvalue weighted by Crippen LogP contribution is -2.24. The summed E-state index contributed by atoms with van der Waals surface area (Å²) in [5.41, 5.74) is 2.80. The van der Waals surface area contributed by atoms with Crippen LogP contribution in [0.1, 0.15) is 49.3 Å². The van der Waals surface area contributed by atoms with Crippen molar-refractivity contribution in [2.45, 2.75) is 44.7 Å². The van der Waals surface area contributed by atoms with Crippen LogP contribution in [0.25, 0.3) is 0 Å². The lowest BCUT2D eigenvalue weighted by molar-refractivity contribution is 0.185. The second-order valence-corrected chi connectivity index (χ2v) is 5.56. The van der Waals surface area contributed by atoms with Gasteiger partial charge in [0.15, 0.2) is 11.5 Å². The van der Waals surface area contributed by atoms with Crippen molar-refractivity contribution in [3.05, 3.63) is 23.3 Å². The van der Waals surface area contributed by atoms with Gasteiger partial charge in [0.05, 0.1) is 14.2 Å². The van der Waals surface area contributed by atoms with Crippen LogP contribution in [-0.4, -0.2) is 25.7 Å². The van der Waals surface area contributed by atoms with Crippen LogP contribution in [0.3, 0.4) is 0 Å². The van der Waals surface area contributed by atoms with Gasteiger partial charge in [-0.3, -0.25) is 4.90 Å². The van der Waals surface area contributed by atoms with E-state index < -0.39 is 0 Å². The van der Waals surface area contributed by atoms with Crippen molar-refractivity contribution in [1.29, 1.82) is 0 Å². The molecule has 0 aromatic heterocycles. The molecule has 1 aromatic rings. The van der Waals surface area contributed by atoms with Crippen LogP contribution in [0.5, 0.6) is 11.5 Å². The normalized spacial score (nSPS) is 23.2. The zero-order valence-corrected chi connectivity index (χ0v) is 11.9. The van der Waals surface area contributed by atoms with Gasteiger partial charge in [0, 0.05) is 18.2 Å². The molecule has 3 rings (SSSR count). The minimum absolute atomic E-state index is 0.593. The fraction of sp³-hybridized carbons (Fsp3) is 0.625. The molecule has 0 spiro atoms. The quantitative estimate of drug-likeness (QED) is 0.813. The maximum atomic E-state index is 5.60. The average molecular weight is 261 g/mol. The Kier molecular flexibility index (Phi) is 3.65. The largest absolute Gasteiger partial charge is 0.493 e. The third-order valence-corrected chi connectivity index (χ3v) is 4.52. The van der Waals surface area contributed by atoms with Gasteiger partial charge in [-0.1, -0.05) is 25.3 Å². The maximum absolute atomic E-state index is 5.60. The van der Waals surface area contributed by atoms with Crippen LogP contribution in [0.4, 0.5) is 0 Å². The second-order valence-electron chi connectivity index (χ2n) is 5.56.